The average molecular weight is 484 g/mol. The summed E-state index contributed by atoms with van der Waals surface area (Å²) in [6.45, 7) is 3.07. The van der Waals surface area contributed by atoms with Gasteiger partial charge >= 0.3 is 0 Å². The Morgan fingerprint density at radius 1 is 0.943 bits per heavy atom. The topological polar surface area (TPSA) is 77.1 Å². The Labute approximate surface area is 206 Å². The highest BCUT2D eigenvalue weighted by atomic mass is 32.1. The number of fused-ring (bicyclic) bond motifs is 3. The number of thiophene rings is 1. The van der Waals surface area contributed by atoms with E-state index < -0.39 is 0 Å². The van der Waals surface area contributed by atoms with Crippen LogP contribution in [0.25, 0.3) is 31.4 Å². The van der Waals surface area contributed by atoms with Gasteiger partial charge in [-0.05, 0) is 61.8 Å². The molecule has 1 aliphatic rings. The van der Waals surface area contributed by atoms with Gasteiger partial charge < -0.3 is 4.90 Å². The van der Waals surface area contributed by atoms with Gasteiger partial charge in [0.25, 0.3) is 5.69 Å². The first-order chi connectivity index (χ1) is 17.2. The molecule has 0 amide bonds. The van der Waals surface area contributed by atoms with Crippen LogP contribution < -0.4 is 0 Å². The molecule has 6 rings (SSSR count). The molecule has 3 aromatic carbocycles. The molecule has 0 spiro atoms. The van der Waals surface area contributed by atoms with E-state index in [-0.39, 0.29) is 16.7 Å². The maximum Gasteiger partial charge on any atom is 0.269 e. The fourth-order valence-electron chi connectivity index (χ4n) is 4.99. The lowest BCUT2D eigenvalue weighted by atomic mass is 10.0. The lowest BCUT2D eigenvalue weighted by molar-refractivity contribution is -0.384. The molecule has 8 heteroatoms. The first-order valence-electron chi connectivity index (χ1n) is 12.0. The molecule has 0 N–H and O–H groups in total. The van der Waals surface area contributed by atoms with Crippen molar-refractivity contribution in [2.75, 3.05) is 19.6 Å². The molecular weight excluding hydrogens is 458 g/mol. The van der Waals surface area contributed by atoms with Crippen LogP contribution in [0.4, 0.5) is 5.69 Å². The van der Waals surface area contributed by atoms with Gasteiger partial charge in [0.05, 0.1) is 17.2 Å². The normalized spacial score (nSPS) is 15.5. The minimum atomic E-state index is -0.389. The molecule has 1 aliphatic heterocycles. The van der Waals surface area contributed by atoms with Gasteiger partial charge in [0.1, 0.15) is 5.69 Å². The Morgan fingerprint density at radius 2 is 1.71 bits per heavy atom. The molecule has 0 aliphatic carbocycles. The molecule has 1 fully saturated rings. The van der Waals surface area contributed by atoms with Crippen LogP contribution in [0.3, 0.4) is 0 Å². The van der Waals surface area contributed by atoms with Crippen molar-refractivity contribution in [1.82, 2.24) is 19.9 Å². The van der Waals surface area contributed by atoms with Gasteiger partial charge in [-0.25, -0.2) is 4.68 Å². The smallest absolute Gasteiger partial charge is 0.269 e. The Balaban J connectivity index is 1.39. The number of rotatable bonds is 6. The predicted octanol–water partition coefficient (Wildman–Crippen LogP) is 6.30. The van der Waals surface area contributed by atoms with Gasteiger partial charge in [0.15, 0.2) is 0 Å². The van der Waals surface area contributed by atoms with Crippen LogP contribution in [-0.4, -0.2) is 44.5 Å². The minimum absolute atomic E-state index is 0.0236. The highest BCUT2D eigenvalue weighted by molar-refractivity contribution is 7.25. The number of benzene rings is 3. The zero-order valence-electron chi connectivity index (χ0n) is 19.2. The van der Waals surface area contributed by atoms with E-state index in [2.05, 4.69) is 57.7 Å². The lowest BCUT2D eigenvalue weighted by Gasteiger charge is -2.30. The zero-order valence-corrected chi connectivity index (χ0v) is 20.0. The summed E-state index contributed by atoms with van der Waals surface area (Å²) < 4.78 is 4.55. The molecule has 35 heavy (non-hydrogen) atoms. The predicted molar refractivity (Wildman–Crippen MR) is 140 cm³/mol. The van der Waals surface area contributed by atoms with Crippen LogP contribution in [0.5, 0.6) is 0 Å². The quantitative estimate of drug-likeness (QED) is 0.209. The van der Waals surface area contributed by atoms with Gasteiger partial charge in [-0.15, -0.1) is 16.4 Å². The second-order valence-corrected chi connectivity index (χ2v) is 10.2. The molecule has 3 heterocycles. The maximum absolute atomic E-state index is 11.0. The van der Waals surface area contributed by atoms with E-state index in [1.54, 1.807) is 12.1 Å². The van der Waals surface area contributed by atoms with E-state index in [9.17, 15) is 10.1 Å². The largest absolute Gasteiger partial charge is 0.301 e. The molecule has 176 valence electrons. The second kappa shape index (κ2) is 9.20. The summed E-state index contributed by atoms with van der Waals surface area (Å²) in [5.74, 6) is 0. The summed E-state index contributed by atoms with van der Waals surface area (Å²) in [4.78, 5) is 13.1. The Kier molecular flexibility index (Phi) is 5.75. The van der Waals surface area contributed by atoms with Crippen LogP contribution in [0.2, 0.25) is 0 Å². The molecule has 7 nitrogen and oxygen atoms in total. The van der Waals surface area contributed by atoms with Crippen molar-refractivity contribution in [1.29, 1.82) is 0 Å². The summed E-state index contributed by atoms with van der Waals surface area (Å²) >= 11 is 1.82. The molecule has 1 saturated heterocycles. The lowest BCUT2D eigenvalue weighted by Crippen LogP contribution is -2.35. The van der Waals surface area contributed by atoms with E-state index in [1.165, 1.54) is 57.1 Å². The monoisotopic (exact) mass is 483 g/mol. The second-order valence-electron chi connectivity index (χ2n) is 9.12. The number of hydrogen-bond donors (Lipinski definition) is 0. The number of nitro groups is 1. The summed E-state index contributed by atoms with van der Waals surface area (Å²) in [7, 11) is 0. The summed E-state index contributed by atoms with van der Waals surface area (Å²) in [6, 6.07) is 21.8. The number of likely N-dealkylation sites (tertiary alicyclic amines) is 1. The van der Waals surface area contributed by atoms with E-state index in [0.717, 1.165) is 25.2 Å². The van der Waals surface area contributed by atoms with Crippen LogP contribution in [0.1, 0.15) is 30.9 Å². The van der Waals surface area contributed by atoms with Crippen molar-refractivity contribution >= 4 is 37.2 Å². The van der Waals surface area contributed by atoms with Crippen LogP contribution in [0, 0.1) is 10.1 Å². The number of nitrogens with zero attached hydrogens (tertiary/aromatic N) is 5. The first kappa shape index (κ1) is 21.9. The van der Waals surface area contributed by atoms with Crippen molar-refractivity contribution in [2.45, 2.75) is 25.3 Å². The Bertz CT molecular complexity index is 1500. The van der Waals surface area contributed by atoms with Gasteiger partial charge in [0, 0.05) is 44.4 Å². The van der Waals surface area contributed by atoms with Crippen LogP contribution in [0.15, 0.2) is 72.9 Å². The van der Waals surface area contributed by atoms with Gasteiger partial charge in [0.2, 0.25) is 0 Å². The van der Waals surface area contributed by atoms with E-state index in [1.807, 2.05) is 22.2 Å². The van der Waals surface area contributed by atoms with Crippen molar-refractivity contribution < 1.29 is 4.92 Å². The minimum Gasteiger partial charge on any atom is -0.301 e. The molecule has 0 bridgehead atoms. The van der Waals surface area contributed by atoms with Crippen molar-refractivity contribution in [3.63, 3.8) is 0 Å². The van der Waals surface area contributed by atoms with E-state index in [4.69, 9.17) is 0 Å². The van der Waals surface area contributed by atoms with Gasteiger partial charge in [-0.2, -0.15) is 0 Å². The average Bonchev–Trinajstić information content (AvgIpc) is 3.53. The number of hydrogen-bond acceptors (Lipinski definition) is 6. The van der Waals surface area contributed by atoms with Crippen molar-refractivity contribution in [2.24, 2.45) is 0 Å². The summed E-state index contributed by atoms with van der Waals surface area (Å²) in [5, 5.41) is 22.5. The maximum atomic E-state index is 11.0. The Morgan fingerprint density at radius 3 is 2.51 bits per heavy atom. The highest BCUT2D eigenvalue weighted by Crippen LogP contribution is 2.36. The molecule has 1 unspecified atom stereocenters. The molecule has 2 aromatic heterocycles. The fraction of sp³-hybridized carbons (Fsp3) is 0.259. The third kappa shape index (κ3) is 4.31. The van der Waals surface area contributed by atoms with Crippen LogP contribution >= 0.6 is 11.3 Å². The van der Waals surface area contributed by atoms with E-state index >= 15 is 0 Å². The molecule has 1 atom stereocenters. The summed E-state index contributed by atoms with van der Waals surface area (Å²) in [6.07, 6.45) is 5.71. The zero-order chi connectivity index (χ0) is 23.8. The standard InChI is InChI=1S/C27H25N5O2S/c33-32(34)21-11-8-19(9-12-21)24-17-31(29-28-24)25(18-30-14-4-1-5-15-30)20-10-13-27-23(16-20)22-6-2-3-7-26(22)35-27/h2-3,6-13,16-17,25H,1,4-5,14-15,18H2. The van der Waals surface area contributed by atoms with Crippen molar-refractivity contribution in [3.05, 3.63) is 88.6 Å². The van der Waals surface area contributed by atoms with Gasteiger partial charge in [-0.1, -0.05) is 35.9 Å². The van der Waals surface area contributed by atoms with Gasteiger partial charge in [-0.3, -0.25) is 10.1 Å². The van der Waals surface area contributed by atoms with Crippen LogP contribution in [-0.2, 0) is 0 Å². The molecule has 0 radical (unpaired) electrons. The first-order valence-corrected chi connectivity index (χ1v) is 12.8. The number of nitro benzene ring substituents is 1. The third-order valence-electron chi connectivity index (χ3n) is 6.87. The Hall–Kier alpha value is -3.62. The number of piperidine rings is 1. The summed E-state index contributed by atoms with van der Waals surface area (Å²) in [5.41, 5.74) is 2.82. The number of aromatic nitrogens is 3. The highest BCUT2D eigenvalue weighted by Gasteiger charge is 2.22. The third-order valence-corrected chi connectivity index (χ3v) is 8.02. The SMILES string of the molecule is O=[N+]([O-])c1ccc(-c2cn(C(CN3CCCCC3)c3ccc4sc5ccccc5c4c3)nn2)cc1. The molecular formula is C27H25N5O2S. The molecule has 5 aromatic rings. The number of non-ortho nitro benzene ring substituents is 1. The fourth-order valence-corrected chi connectivity index (χ4v) is 6.08. The van der Waals surface area contributed by atoms with Crippen molar-refractivity contribution in [3.8, 4) is 11.3 Å². The van der Waals surface area contributed by atoms with E-state index in [0.29, 0.717) is 5.69 Å². The molecule has 0 saturated carbocycles.